The molecule has 1 N–H and O–H groups in total. The molecule has 0 aliphatic carbocycles. The molecule has 0 saturated heterocycles. The molecule has 7 heteroatoms. The molecule has 0 amide bonds. The lowest BCUT2D eigenvalue weighted by Gasteiger charge is -2.25. The van der Waals surface area contributed by atoms with E-state index >= 15 is 0 Å². The van der Waals surface area contributed by atoms with Crippen molar-refractivity contribution in [1.82, 2.24) is 9.29 Å². The summed E-state index contributed by atoms with van der Waals surface area (Å²) in [5, 5.41) is 3.13. The fourth-order valence-corrected chi connectivity index (χ4v) is 2.44. The number of anilines is 1. The Hall–Kier alpha value is -1.18. The van der Waals surface area contributed by atoms with Gasteiger partial charge in [0.05, 0.1) is 5.60 Å². The Morgan fingerprint density at radius 2 is 2.00 bits per heavy atom. The lowest BCUT2D eigenvalue weighted by atomic mass is 10.1. The van der Waals surface area contributed by atoms with Crippen LogP contribution < -0.4 is 5.32 Å². The molecular weight excluding hydrogens is 278 g/mol. The topological polar surface area (TPSA) is 71.5 Å². The van der Waals surface area contributed by atoms with E-state index in [4.69, 9.17) is 4.74 Å². The van der Waals surface area contributed by atoms with Crippen molar-refractivity contribution in [2.24, 2.45) is 0 Å². The average Bonchev–Trinajstić information content (AvgIpc) is 2.37. The van der Waals surface area contributed by atoms with E-state index in [1.807, 2.05) is 20.8 Å². The number of pyridine rings is 1. The molecule has 20 heavy (non-hydrogen) atoms. The van der Waals surface area contributed by atoms with Crippen LogP contribution in [-0.2, 0) is 14.8 Å². The maximum absolute atomic E-state index is 11.9. The minimum Gasteiger partial charge on any atom is -0.374 e. The molecule has 0 aromatic carbocycles. The van der Waals surface area contributed by atoms with E-state index in [0.717, 1.165) is 4.31 Å². The van der Waals surface area contributed by atoms with Crippen molar-refractivity contribution in [3.8, 4) is 0 Å². The molecule has 0 aliphatic rings. The maximum atomic E-state index is 11.9. The van der Waals surface area contributed by atoms with Crippen LogP contribution in [0.25, 0.3) is 0 Å². The van der Waals surface area contributed by atoms with E-state index in [0.29, 0.717) is 19.0 Å². The molecule has 1 heterocycles. The van der Waals surface area contributed by atoms with Crippen molar-refractivity contribution in [3.05, 3.63) is 18.3 Å². The number of hydrogen-bond acceptors (Lipinski definition) is 5. The molecule has 0 saturated carbocycles. The lowest BCUT2D eigenvalue weighted by Crippen LogP contribution is -2.33. The highest BCUT2D eigenvalue weighted by Gasteiger charge is 2.19. The van der Waals surface area contributed by atoms with Crippen molar-refractivity contribution < 1.29 is 13.2 Å². The normalized spacial score (nSPS) is 12.7. The molecule has 1 rings (SSSR count). The number of ether oxygens (including phenoxy) is 1. The van der Waals surface area contributed by atoms with Crippen LogP contribution in [0.1, 0.15) is 20.8 Å². The monoisotopic (exact) mass is 301 g/mol. The third-order valence-electron chi connectivity index (χ3n) is 2.75. The van der Waals surface area contributed by atoms with Crippen molar-refractivity contribution in [2.45, 2.75) is 31.3 Å². The molecule has 0 aliphatic heterocycles. The summed E-state index contributed by atoms with van der Waals surface area (Å²) in [6, 6.07) is 3.19. The first-order valence-corrected chi connectivity index (χ1v) is 7.89. The number of sulfonamides is 1. The van der Waals surface area contributed by atoms with E-state index < -0.39 is 10.0 Å². The number of nitrogens with zero attached hydrogens (tertiary/aromatic N) is 2. The highest BCUT2D eigenvalue weighted by atomic mass is 32.2. The Morgan fingerprint density at radius 3 is 2.45 bits per heavy atom. The molecule has 6 nitrogen and oxygen atoms in total. The lowest BCUT2D eigenvalue weighted by molar-refractivity contribution is 0.000640. The van der Waals surface area contributed by atoms with E-state index in [1.54, 1.807) is 12.1 Å². The summed E-state index contributed by atoms with van der Waals surface area (Å²) in [7, 11) is -0.443. The third kappa shape index (κ3) is 4.43. The predicted molar refractivity (Wildman–Crippen MR) is 79.3 cm³/mol. The van der Waals surface area contributed by atoms with Crippen molar-refractivity contribution >= 4 is 15.8 Å². The van der Waals surface area contributed by atoms with E-state index in [9.17, 15) is 8.42 Å². The molecule has 1 aromatic heterocycles. The van der Waals surface area contributed by atoms with Gasteiger partial charge in [0.1, 0.15) is 10.7 Å². The van der Waals surface area contributed by atoms with Crippen LogP contribution >= 0.6 is 0 Å². The second-order valence-corrected chi connectivity index (χ2v) is 7.36. The van der Waals surface area contributed by atoms with Crippen LogP contribution in [0, 0.1) is 0 Å². The first kappa shape index (κ1) is 16.9. The molecule has 0 radical (unpaired) electrons. The van der Waals surface area contributed by atoms with Gasteiger partial charge in [0.15, 0.2) is 0 Å². The largest absolute Gasteiger partial charge is 0.374 e. The van der Waals surface area contributed by atoms with Crippen LogP contribution in [0.3, 0.4) is 0 Å². The van der Waals surface area contributed by atoms with Crippen molar-refractivity contribution in [1.29, 1.82) is 0 Å². The molecule has 114 valence electrons. The van der Waals surface area contributed by atoms with Crippen molar-refractivity contribution in [2.75, 3.05) is 32.6 Å². The summed E-state index contributed by atoms with van der Waals surface area (Å²) in [6.07, 6.45) is 1.35. The van der Waals surface area contributed by atoms with Crippen LogP contribution in [0.5, 0.6) is 0 Å². The number of rotatable bonds is 7. The zero-order valence-electron chi connectivity index (χ0n) is 12.7. The quantitative estimate of drug-likeness (QED) is 0.827. The van der Waals surface area contributed by atoms with Gasteiger partial charge in [0.2, 0.25) is 10.0 Å². The van der Waals surface area contributed by atoms with Crippen LogP contribution in [-0.4, -0.2) is 50.6 Å². The molecular formula is C13H23N3O3S. The second kappa shape index (κ2) is 6.51. The highest BCUT2D eigenvalue weighted by Crippen LogP contribution is 2.15. The summed E-state index contributed by atoms with van der Waals surface area (Å²) in [5.74, 6) is 0.621. The summed E-state index contributed by atoms with van der Waals surface area (Å²) in [4.78, 5) is 4.30. The van der Waals surface area contributed by atoms with Gasteiger partial charge in [-0.3, -0.25) is 0 Å². The fourth-order valence-electron chi connectivity index (χ4n) is 1.59. The fraction of sp³-hybridized carbons (Fsp3) is 0.615. The summed E-state index contributed by atoms with van der Waals surface area (Å²) < 4.78 is 30.5. The molecule has 0 fully saturated rings. The molecule has 1 aromatic rings. The van der Waals surface area contributed by atoms with Gasteiger partial charge in [0, 0.05) is 33.4 Å². The second-order valence-electron chi connectivity index (χ2n) is 5.21. The first-order valence-electron chi connectivity index (χ1n) is 6.45. The van der Waals surface area contributed by atoms with Gasteiger partial charge in [-0.1, -0.05) is 0 Å². The SMILES string of the molecule is CCOC(C)(C)CNc1ccc(S(=O)(=O)N(C)C)cn1. The minimum absolute atomic E-state index is 0.178. The van der Waals surface area contributed by atoms with E-state index in [1.165, 1.54) is 20.3 Å². The zero-order valence-corrected chi connectivity index (χ0v) is 13.5. The summed E-state index contributed by atoms with van der Waals surface area (Å²) in [5.41, 5.74) is -0.301. The average molecular weight is 301 g/mol. The van der Waals surface area contributed by atoms with Crippen LogP contribution in [0.2, 0.25) is 0 Å². The standard InChI is InChI=1S/C13H23N3O3S/c1-6-19-13(2,3)10-15-12-8-7-11(9-14-12)20(17,18)16(4)5/h7-9H,6,10H2,1-5H3,(H,14,15). The molecule has 0 atom stereocenters. The van der Waals surface area contributed by atoms with Crippen LogP contribution in [0.15, 0.2) is 23.2 Å². The Balaban J connectivity index is 2.74. The third-order valence-corrected chi connectivity index (χ3v) is 4.54. The smallest absolute Gasteiger partial charge is 0.244 e. The molecule has 0 spiro atoms. The van der Waals surface area contributed by atoms with Gasteiger partial charge in [-0.15, -0.1) is 0 Å². The minimum atomic E-state index is -3.43. The number of hydrogen-bond donors (Lipinski definition) is 1. The van der Waals surface area contributed by atoms with Gasteiger partial charge in [-0.25, -0.2) is 17.7 Å². The first-order chi connectivity index (χ1) is 9.19. The molecule has 0 unspecified atom stereocenters. The van der Waals surface area contributed by atoms with Crippen molar-refractivity contribution in [3.63, 3.8) is 0 Å². The Labute approximate surface area is 121 Å². The molecule has 0 bridgehead atoms. The van der Waals surface area contributed by atoms with E-state index in [2.05, 4.69) is 10.3 Å². The number of nitrogens with one attached hydrogen (secondary N) is 1. The van der Waals surface area contributed by atoms with E-state index in [-0.39, 0.29) is 10.5 Å². The Morgan fingerprint density at radius 1 is 1.35 bits per heavy atom. The number of aromatic nitrogens is 1. The Bertz CT molecular complexity index is 524. The predicted octanol–water partition coefficient (Wildman–Crippen LogP) is 1.56. The maximum Gasteiger partial charge on any atom is 0.244 e. The van der Waals surface area contributed by atoms with Gasteiger partial charge >= 0.3 is 0 Å². The highest BCUT2D eigenvalue weighted by molar-refractivity contribution is 7.89. The Kier molecular flexibility index (Phi) is 5.50. The van der Waals surface area contributed by atoms with Gasteiger partial charge in [-0.05, 0) is 32.9 Å². The summed E-state index contributed by atoms with van der Waals surface area (Å²) >= 11 is 0. The van der Waals surface area contributed by atoms with Gasteiger partial charge < -0.3 is 10.1 Å². The zero-order chi connectivity index (χ0) is 15.4. The van der Waals surface area contributed by atoms with Crippen LogP contribution in [0.4, 0.5) is 5.82 Å². The van der Waals surface area contributed by atoms with Gasteiger partial charge in [-0.2, -0.15) is 0 Å². The van der Waals surface area contributed by atoms with Gasteiger partial charge in [0.25, 0.3) is 0 Å². The summed E-state index contributed by atoms with van der Waals surface area (Å²) in [6.45, 7) is 7.14.